The van der Waals surface area contributed by atoms with Crippen LogP contribution in [0.2, 0.25) is 0 Å². The number of carbonyl (C=O) groups is 3. The zero-order valence-corrected chi connectivity index (χ0v) is 20.5. The number of nitrogens with two attached hydrogens (primary N) is 1. The largest absolute Gasteiger partial charge is 0.510 e. The molecule has 0 radical (unpaired) electrons. The molecule has 0 spiro atoms. The number of allylic oxidation sites excluding steroid dienone is 1. The number of carbonyl (C=O) groups excluding carboxylic acids is 3. The summed E-state index contributed by atoms with van der Waals surface area (Å²) in [6.07, 6.45) is 0.324. The summed E-state index contributed by atoms with van der Waals surface area (Å²) in [4.78, 5) is 42.0. The van der Waals surface area contributed by atoms with Gasteiger partial charge in [0.1, 0.15) is 22.8 Å². The highest BCUT2D eigenvalue weighted by Crippen LogP contribution is 2.52. The van der Waals surface area contributed by atoms with Gasteiger partial charge in [-0.2, -0.15) is 0 Å². The molecular formula is C23H30ClN3O8. The first-order chi connectivity index (χ1) is 15.3. The summed E-state index contributed by atoms with van der Waals surface area (Å²) in [5, 5.41) is 43.9. The lowest BCUT2D eigenvalue weighted by atomic mass is 9.58. The fourth-order valence-corrected chi connectivity index (χ4v) is 5.65. The van der Waals surface area contributed by atoms with Crippen molar-refractivity contribution >= 4 is 35.6 Å². The minimum absolute atomic E-state index is 0. The van der Waals surface area contributed by atoms with Gasteiger partial charge in [0.05, 0.1) is 11.6 Å². The summed E-state index contributed by atoms with van der Waals surface area (Å²) in [5.74, 6) is -6.53. The van der Waals surface area contributed by atoms with Crippen LogP contribution in [0.25, 0.3) is 0 Å². The van der Waals surface area contributed by atoms with Crippen molar-refractivity contribution in [2.45, 2.75) is 24.5 Å². The SMILES string of the molecule is CN(C)c1ccc(O)c2c1C[C@H]1C[C@H]3[C@H](N(C)C)C(O)=C(C(N)=O)C(=O)[C@@]3(O)C(O)=C1C2=O.Cl.O. The van der Waals surface area contributed by atoms with Crippen LogP contribution in [0.3, 0.4) is 0 Å². The number of amides is 1. The van der Waals surface area contributed by atoms with Crippen LogP contribution < -0.4 is 10.6 Å². The van der Waals surface area contributed by atoms with E-state index in [4.69, 9.17) is 5.73 Å². The number of fused-ring (bicyclic) bond motifs is 3. The van der Waals surface area contributed by atoms with Crippen LogP contribution in [0.5, 0.6) is 5.75 Å². The van der Waals surface area contributed by atoms with Crippen LogP contribution in [-0.4, -0.2) is 88.1 Å². The molecule has 1 amide bonds. The van der Waals surface area contributed by atoms with Gasteiger partial charge < -0.3 is 36.5 Å². The molecule has 1 aromatic carbocycles. The summed E-state index contributed by atoms with van der Waals surface area (Å²) in [6.45, 7) is 0. The molecular weight excluding hydrogens is 482 g/mol. The second-order valence-corrected chi connectivity index (χ2v) is 9.31. The van der Waals surface area contributed by atoms with Crippen molar-refractivity contribution in [2.24, 2.45) is 17.6 Å². The Hall–Kier alpha value is -3.12. The number of primary amides is 1. The molecule has 0 aliphatic heterocycles. The Balaban J connectivity index is 0.00000216. The Bertz CT molecular complexity index is 1180. The molecule has 0 saturated carbocycles. The number of Topliss-reactive ketones (excluding diaryl/α,β-unsaturated/α-hetero) is 2. The Labute approximate surface area is 207 Å². The van der Waals surface area contributed by atoms with E-state index in [1.165, 1.54) is 11.0 Å². The minimum Gasteiger partial charge on any atom is -0.510 e. The lowest BCUT2D eigenvalue weighted by Crippen LogP contribution is -2.63. The molecule has 3 aliphatic rings. The molecule has 4 atom stereocenters. The fourth-order valence-electron chi connectivity index (χ4n) is 5.65. The highest BCUT2D eigenvalue weighted by molar-refractivity contribution is 6.24. The molecule has 0 saturated heterocycles. The maximum Gasteiger partial charge on any atom is 0.255 e. The number of likely N-dealkylation sites (N-methyl/N-ethyl adjacent to an activating group) is 1. The van der Waals surface area contributed by atoms with Gasteiger partial charge in [0.2, 0.25) is 5.78 Å². The summed E-state index contributed by atoms with van der Waals surface area (Å²) in [7, 11) is 6.79. The summed E-state index contributed by atoms with van der Waals surface area (Å²) in [5.41, 5.74) is 3.02. The number of ketones is 2. The van der Waals surface area contributed by atoms with Crippen LogP contribution in [0, 0.1) is 11.8 Å². The number of aliphatic hydroxyl groups excluding tert-OH is 2. The van der Waals surface area contributed by atoms with Crippen molar-refractivity contribution in [3.05, 3.63) is 45.9 Å². The van der Waals surface area contributed by atoms with Crippen molar-refractivity contribution < 1.29 is 40.3 Å². The monoisotopic (exact) mass is 511 g/mol. The summed E-state index contributed by atoms with van der Waals surface area (Å²) >= 11 is 0. The highest BCUT2D eigenvalue weighted by Gasteiger charge is 2.63. The third kappa shape index (κ3) is 3.66. The van der Waals surface area contributed by atoms with Gasteiger partial charge in [-0.15, -0.1) is 12.4 Å². The lowest BCUT2D eigenvalue weighted by Gasteiger charge is -2.50. The van der Waals surface area contributed by atoms with Gasteiger partial charge in [0, 0.05) is 31.3 Å². The first-order valence-electron chi connectivity index (χ1n) is 10.5. The molecule has 35 heavy (non-hydrogen) atoms. The van der Waals surface area contributed by atoms with Crippen molar-refractivity contribution in [1.82, 2.24) is 4.90 Å². The number of aliphatic hydroxyl groups is 3. The molecule has 0 bridgehead atoms. The van der Waals surface area contributed by atoms with Gasteiger partial charge >= 0.3 is 0 Å². The number of hydrogen-bond acceptors (Lipinski definition) is 9. The third-order valence-electron chi connectivity index (χ3n) is 7.06. The Kier molecular flexibility index (Phi) is 7.35. The van der Waals surface area contributed by atoms with E-state index >= 15 is 0 Å². The first-order valence-corrected chi connectivity index (χ1v) is 10.5. The van der Waals surface area contributed by atoms with Crippen LogP contribution in [-0.2, 0) is 16.0 Å². The molecule has 0 unspecified atom stereocenters. The standard InChI is InChI=1S/C23H27N3O7.ClH.H2O/c1-25(2)12-5-6-13(27)15-10(12)7-9-8-11-17(26(3)4)19(29)16(22(24)32)21(31)23(11,33)20(30)14(9)18(15)28;;/h5-6,9,11,17,27,29-30,33H,7-8H2,1-4H3,(H2,24,32);1H;1H2/t9-,11-,17-,23-;;/m0../s1. The molecule has 0 heterocycles. The second kappa shape index (κ2) is 9.15. The Morgan fingerprint density at radius 2 is 1.71 bits per heavy atom. The number of halogens is 1. The van der Waals surface area contributed by atoms with E-state index in [1.807, 2.05) is 0 Å². The average molecular weight is 512 g/mol. The number of benzene rings is 1. The molecule has 8 N–H and O–H groups in total. The zero-order chi connectivity index (χ0) is 24.6. The van der Waals surface area contributed by atoms with E-state index in [1.54, 1.807) is 39.2 Å². The van der Waals surface area contributed by atoms with E-state index < -0.39 is 58.0 Å². The number of phenolic OH excluding ortho intramolecular Hbond substituents is 1. The molecule has 3 aliphatic carbocycles. The van der Waals surface area contributed by atoms with Crippen molar-refractivity contribution in [3.63, 3.8) is 0 Å². The van der Waals surface area contributed by atoms with Gasteiger partial charge in [-0.3, -0.25) is 19.3 Å². The van der Waals surface area contributed by atoms with Crippen LogP contribution in [0.15, 0.2) is 34.8 Å². The van der Waals surface area contributed by atoms with Crippen molar-refractivity contribution in [3.8, 4) is 5.75 Å². The predicted molar refractivity (Wildman–Crippen MR) is 129 cm³/mol. The molecule has 4 rings (SSSR count). The number of nitrogens with zero attached hydrogens (tertiary/aromatic N) is 2. The average Bonchev–Trinajstić information content (AvgIpc) is 2.70. The fraction of sp³-hybridized carbons (Fsp3) is 0.435. The summed E-state index contributed by atoms with van der Waals surface area (Å²) in [6, 6.07) is 2.06. The molecule has 1 aromatic rings. The highest BCUT2D eigenvalue weighted by atomic mass is 35.5. The van der Waals surface area contributed by atoms with E-state index in [0.717, 1.165) is 5.69 Å². The number of rotatable bonds is 3. The van der Waals surface area contributed by atoms with Crippen molar-refractivity contribution in [1.29, 1.82) is 0 Å². The van der Waals surface area contributed by atoms with Crippen LogP contribution in [0.4, 0.5) is 5.69 Å². The molecule has 12 heteroatoms. The number of aromatic hydroxyl groups is 1. The number of phenols is 1. The smallest absolute Gasteiger partial charge is 0.255 e. The molecule has 0 fully saturated rings. The molecule has 0 aromatic heterocycles. The third-order valence-corrected chi connectivity index (χ3v) is 7.06. The molecule has 11 nitrogen and oxygen atoms in total. The number of anilines is 1. The topological polar surface area (TPSA) is 196 Å². The quantitative estimate of drug-likeness (QED) is 0.341. The Morgan fingerprint density at radius 3 is 2.23 bits per heavy atom. The van der Waals surface area contributed by atoms with Gasteiger partial charge in [0.15, 0.2) is 11.4 Å². The number of hydrogen-bond donors (Lipinski definition) is 5. The Morgan fingerprint density at radius 1 is 1.11 bits per heavy atom. The van der Waals surface area contributed by atoms with Gasteiger partial charge in [0.25, 0.3) is 5.91 Å². The van der Waals surface area contributed by atoms with Gasteiger partial charge in [-0.05, 0) is 50.6 Å². The van der Waals surface area contributed by atoms with E-state index in [-0.39, 0.29) is 47.6 Å². The van der Waals surface area contributed by atoms with E-state index in [9.17, 15) is 34.8 Å². The minimum atomic E-state index is -2.63. The molecule has 192 valence electrons. The lowest BCUT2D eigenvalue weighted by molar-refractivity contribution is -0.148. The van der Waals surface area contributed by atoms with E-state index in [2.05, 4.69) is 0 Å². The zero-order valence-electron chi connectivity index (χ0n) is 19.7. The predicted octanol–water partition coefficient (Wildman–Crippen LogP) is -0.216. The van der Waals surface area contributed by atoms with Crippen LogP contribution >= 0.6 is 12.4 Å². The maximum atomic E-state index is 13.5. The van der Waals surface area contributed by atoms with Crippen LogP contribution in [0.1, 0.15) is 22.3 Å². The van der Waals surface area contributed by atoms with Gasteiger partial charge in [-0.25, -0.2) is 0 Å². The maximum absolute atomic E-state index is 13.5. The van der Waals surface area contributed by atoms with E-state index in [0.29, 0.717) is 5.56 Å². The normalized spacial score (nSPS) is 27.4. The van der Waals surface area contributed by atoms with Crippen molar-refractivity contribution in [2.75, 3.05) is 33.1 Å². The first kappa shape index (κ1) is 28.1. The summed E-state index contributed by atoms with van der Waals surface area (Å²) < 4.78 is 0. The second-order valence-electron chi connectivity index (χ2n) is 9.31. The van der Waals surface area contributed by atoms with Gasteiger partial charge in [-0.1, -0.05) is 0 Å².